The fourth-order valence-electron chi connectivity index (χ4n) is 5.88. The Morgan fingerprint density at radius 1 is 0.576 bits per heavy atom. The molecule has 0 bridgehead atoms. The van der Waals surface area contributed by atoms with Crippen LogP contribution in [0.25, 0.3) is 0 Å². The summed E-state index contributed by atoms with van der Waals surface area (Å²) < 4.78 is 6.43. The van der Waals surface area contributed by atoms with E-state index in [9.17, 15) is 0 Å². The molecule has 2 aliphatic rings. The van der Waals surface area contributed by atoms with Gasteiger partial charge in [0, 0.05) is 0 Å². The van der Waals surface area contributed by atoms with Crippen LogP contribution in [0, 0.1) is 0 Å². The predicted molar refractivity (Wildman–Crippen MR) is 149 cm³/mol. The van der Waals surface area contributed by atoms with Crippen molar-refractivity contribution in [1.82, 2.24) is 0 Å². The zero-order valence-electron chi connectivity index (χ0n) is 21.4. The van der Waals surface area contributed by atoms with Gasteiger partial charge < -0.3 is 0 Å². The molecule has 0 heterocycles. The third-order valence-electron chi connectivity index (χ3n) is 7.33. The van der Waals surface area contributed by atoms with Crippen LogP contribution in [0.4, 0.5) is 0 Å². The monoisotopic (exact) mass is 546 g/mol. The van der Waals surface area contributed by atoms with Crippen molar-refractivity contribution in [1.29, 1.82) is 0 Å². The van der Waals surface area contributed by atoms with Crippen LogP contribution in [0.5, 0.6) is 0 Å². The van der Waals surface area contributed by atoms with E-state index in [4.69, 9.17) is 0 Å². The van der Waals surface area contributed by atoms with Crippen molar-refractivity contribution in [3.05, 3.63) is 113 Å². The van der Waals surface area contributed by atoms with Crippen molar-refractivity contribution < 1.29 is 20.3 Å². The zero-order chi connectivity index (χ0) is 23.7. The number of hydrogen-bond acceptors (Lipinski definition) is 0. The Labute approximate surface area is 208 Å². The van der Waals surface area contributed by atoms with Crippen LogP contribution in [-0.2, 0) is 28.5 Å². The normalized spacial score (nSPS) is 16.9. The third-order valence-corrected chi connectivity index (χ3v) is 25.7. The molecule has 0 radical (unpaired) electrons. The standard InChI is InChI=1S/2C8H13Si.2C7H7.Zr/c2*1-9(2,3)8-6-4-5-7-8;2*1-7-5-3-2-4-6-7;/h2*4,6H,5H2,1-3H3;2*2-6H,1H2;. The summed E-state index contributed by atoms with van der Waals surface area (Å²) >= 11 is -3.12. The summed E-state index contributed by atoms with van der Waals surface area (Å²) in [5.74, 6) is 0. The maximum absolute atomic E-state index is 3.12. The first-order valence-electron chi connectivity index (χ1n) is 12.5. The van der Waals surface area contributed by atoms with E-state index in [1.807, 2.05) is 6.56 Å². The molecule has 33 heavy (non-hydrogen) atoms. The second-order valence-electron chi connectivity index (χ2n) is 11.9. The molecule has 4 rings (SSSR count). The number of rotatable bonds is 8. The number of hydrogen-bond donors (Lipinski definition) is 0. The predicted octanol–water partition coefficient (Wildman–Crippen LogP) is 8.72. The summed E-state index contributed by atoms with van der Waals surface area (Å²) in [4.78, 5) is 0. The molecule has 0 aromatic heterocycles. The third kappa shape index (κ3) is 5.36. The first kappa shape index (κ1) is 24.8. The Bertz CT molecular complexity index is 1020. The summed E-state index contributed by atoms with van der Waals surface area (Å²) in [5, 5.41) is 3.55. The van der Waals surface area contributed by atoms with Gasteiger partial charge in [0.25, 0.3) is 0 Å². The van der Waals surface area contributed by atoms with E-state index in [1.165, 1.54) is 21.1 Å². The molecule has 172 valence electrons. The molecule has 0 fully saturated rings. The van der Waals surface area contributed by atoms with Crippen LogP contribution >= 0.6 is 0 Å². The Kier molecular flexibility index (Phi) is 7.34. The van der Waals surface area contributed by atoms with E-state index in [-0.39, 0.29) is 0 Å². The van der Waals surface area contributed by atoms with E-state index in [0.717, 1.165) is 0 Å². The minimum atomic E-state index is -3.12. The second-order valence-corrected chi connectivity index (χ2v) is 32.0. The van der Waals surface area contributed by atoms with Gasteiger partial charge in [0.1, 0.15) is 0 Å². The Balaban J connectivity index is 2.02. The molecule has 0 aliphatic heterocycles. The second kappa shape index (κ2) is 9.76. The molecule has 0 unspecified atom stereocenters. The van der Waals surface area contributed by atoms with E-state index in [1.54, 1.807) is 21.5 Å². The van der Waals surface area contributed by atoms with Crippen molar-refractivity contribution in [3.63, 3.8) is 0 Å². The fraction of sp³-hybridized carbons (Fsp3) is 0.333. The molecule has 0 saturated carbocycles. The molecular formula is C30H40Si2Zr. The van der Waals surface area contributed by atoms with Gasteiger partial charge in [0.2, 0.25) is 0 Å². The summed E-state index contributed by atoms with van der Waals surface area (Å²) in [7, 11) is -2.87. The Morgan fingerprint density at radius 3 is 1.27 bits per heavy atom. The molecule has 2 aliphatic carbocycles. The van der Waals surface area contributed by atoms with Crippen LogP contribution in [0.1, 0.15) is 24.0 Å². The zero-order valence-corrected chi connectivity index (χ0v) is 25.9. The molecule has 0 spiro atoms. The Morgan fingerprint density at radius 2 is 0.939 bits per heavy atom. The molecule has 0 atom stereocenters. The average molecular weight is 548 g/mol. The molecule has 2 aromatic carbocycles. The van der Waals surface area contributed by atoms with Crippen molar-refractivity contribution >= 4 is 16.1 Å². The van der Waals surface area contributed by atoms with E-state index in [0.29, 0.717) is 0 Å². The Hall–Kier alpha value is -1.28. The fourth-order valence-corrected chi connectivity index (χ4v) is 30.8. The van der Waals surface area contributed by atoms with Gasteiger partial charge >= 0.3 is 210 Å². The molecule has 0 N–H and O–H groups in total. The van der Waals surface area contributed by atoms with Crippen molar-refractivity contribution in [3.8, 4) is 0 Å². The van der Waals surface area contributed by atoms with Crippen LogP contribution < -0.4 is 0 Å². The van der Waals surface area contributed by atoms with Gasteiger partial charge in [0.15, 0.2) is 0 Å². The van der Waals surface area contributed by atoms with Crippen molar-refractivity contribution in [2.75, 3.05) is 0 Å². The van der Waals surface area contributed by atoms with E-state index >= 15 is 0 Å². The molecule has 0 nitrogen and oxygen atoms in total. The van der Waals surface area contributed by atoms with Crippen molar-refractivity contribution in [2.45, 2.75) is 60.4 Å². The van der Waals surface area contributed by atoms with Gasteiger partial charge in [-0.25, -0.2) is 0 Å². The summed E-state index contributed by atoms with van der Waals surface area (Å²) in [6, 6.07) is 22.9. The van der Waals surface area contributed by atoms with Crippen LogP contribution in [0.2, 0.25) is 39.3 Å². The number of allylic oxidation sites excluding steroid dienone is 8. The summed E-state index contributed by atoms with van der Waals surface area (Å²) in [6.07, 6.45) is 12.5. The molecular weight excluding hydrogens is 508 g/mol. The first-order chi connectivity index (χ1) is 15.6. The molecule has 0 saturated heterocycles. The quantitative estimate of drug-likeness (QED) is 0.290. The van der Waals surface area contributed by atoms with Gasteiger partial charge in [-0.2, -0.15) is 0 Å². The molecule has 3 heteroatoms. The topological polar surface area (TPSA) is 0 Å². The van der Waals surface area contributed by atoms with Crippen LogP contribution in [0.15, 0.2) is 102 Å². The molecule has 2 aromatic rings. The SMILES string of the molecule is C[Si](C)(C)C1=[C]([Zr]([CH2]c2ccccc2)([CH2]c2ccccc2)[C]2=C([Si](C)(C)C)C=CC2)CC=C1. The van der Waals surface area contributed by atoms with Gasteiger partial charge in [-0.1, -0.05) is 0 Å². The summed E-state index contributed by atoms with van der Waals surface area (Å²) in [6.45, 7) is 15.3. The minimum absolute atomic E-state index is 1.19. The number of benzene rings is 2. The van der Waals surface area contributed by atoms with Gasteiger partial charge in [-0.05, 0) is 0 Å². The van der Waals surface area contributed by atoms with Crippen LogP contribution in [-0.4, -0.2) is 16.1 Å². The van der Waals surface area contributed by atoms with Gasteiger partial charge in [-0.3, -0.25) is 0 Å². The maximum atomic E-state index is 2.56. The van der Waals surface area contributed by atoms with Gasteiger partial charge in [0.05, 0.1) is 0 Å². The summed E-state index contributed by atoms with van der Waals surface area (Å²) in [5.41, 5.74) is 3.10. The van der Waals surface area contributed by atoms with Crippen LogP contribution in [0.3, 0.4) is 0 Å². The molecule has 0 amide bonds. The van der Waals surface area contributed by atoms with Crippen molar-refractivity contribution in [2.24, 2.45) is 0 Å². The first-order valence-corrected chi connectivity index (χ1v) is 25.4. The average Bonchev–Trinajstić information content (AvgIpc) is 3.45. The van der Waals surface area contributed by atoms with E-state index in [2.05, 4.69) is 124 Å². The van der Waals surface area contributed by atoms with Gasteiger partial charge in [-0.15, -0.1) is 0 Å². The van der Waals surface area contributed by atoms with E-state index < -0.39 is 36.4 Å².